The van der Waals surface area contributed by atoms with Crippen LogP contribution in [0, 0.1) is 0 Å². The predicted molar refractivity (Wildman–Crippen MR) is 66.9 cm³/mol. The molecular weight excluding hydrogens is 230 g/mol. The number of carbonyl (C=O) groups is 2. The summed E-state index contributed by atoms with van der Waals surface area (Å²) in [6, 6.07) is 7.70. The Bertz CT molecular complexity index is 470. The largest absolute Gasteiger partial charge is 0.460 e. The number of rotatable bonds is 2. The number of hydrogen-bond acceptors (Lipinski definition) is 3. The van der Waals surface area contributed by atoms with E-state index in [9.17, 15) is 9.59 Å². The number of carbonyl (C=O) groups excluding carboxylic acids is 2. The van der Waals surface area contributed by atoms with Crippen LogP contribution in [0.25, 0.3) is 0 Å². The van der Waals surface area contributed by atoms with Crippen molar-refractivity contribution in [3.8, 4) is 0 Å². The summed E-state index contributed by atoms with van der Waals surface area (Å²) in [7, 11) is 0. The number of esters is 1. The molecule has 18 heavy (non-hydrogen) atoms. The molecule has 4 heteroatoms. The van der Waals surface area contributed by atoms with Gasteiger partial charge in [-0.15, -0.1) is 0 Å². The Balaban J connectivity index is 2.30. The lowest BCUT2D eigenvalue weighted by molar-refractivity contribution is -0.149. The Labute approximate surface area is 106 Å². The smallest absolute Gasteiger partial charge is 0.302 e. The van der Waals surface area contributed by atoms with Crippen LogP contribution in [0.3, 0.4) is 0 Å². The average Bonchev–Trinajstić information content (AvgIpc) is 2.31. The predicted octanol–water partition coefficient (Wildman–Crippen LogP) is 1.74. The van der Waals surface area contributed by atoms with Crippen LogP contribution in [0.1, 0.15) is 37.4 Å². The Morgan fingerprint density at radius 3 is 2.67 bits per heavy atom. The molecule has 0 saturated carbocycles. The lowest BCUT2D eigenvalue weighted by Gasteiger charge is -2.33. The van der Waals surface area contributed by atoms with Crippen molar-refractivity contribution in [3.63, 3.8) is 0 Å². The van der Waals surface area contributed by atoms with Crippen LogP contribution in [0.4, 0.5) is 0 Å². The second-order valence-electron chi connectivity index (χ2n) is 4.56. The standard InChI is InChI=1S/C14H17NO3/c1-9(16)15-14-12-6-4-3-5-11(12)7-8-13(14)18-10(2)17/h3-6,13-14H,7-8H2,1-2H3,(H,15,16)/t13-,14-/m1/s1. The van der Waals surface area contributed by atoms with E-state index in [4.69, 9.17) is 4.74 Å². The van der Waals surface area contributed by atoms with Gasteiger partial charge in [0.2, 0.25) is 5.91 Å². The molecule has 0 aliphatic heterocycles. The fourth-order valence-corrected chi connectivity index (χ4v) is 2.46. The van der Waals surface area contributed by atoms with Gasteiger partial charge in [-0.25, -0.2) is 0 Å². The minimum Gasteiger partial charge on any atom is -0.460 e. The molecule has 0 radical (unpaired) electrons. The summed E-state index contributed by atoms with van der Waals surface area (Å²) in [5, 5.41) is 2.88. The van der Waals surface area contributed by atoms with Gasteiger partial charge in [0.1, 0.15) is 6.10 Å². The summed E-state index contributed by atoms with van der Waals surface area (Å²) in [4.78, 5) is 22.4. The van der Waals surface area contributed by atoms with Crippen molar-refractivity contribution in [2.75, 3.05) is 0 Å². The highest BCUT2D eigenvalue weighted by molar-refractivity contribution is 5.74. The summed E-state index contributed by atoms with van der Waals surface area (Å²) in [6.45, 7) is 2.87. The molecule has 0 heterocycles. The van der Waals surface area contributed by atoms with Crippen molar-refractivity contribution >= 4 is 11.9 Å². The lowest BCUT2D eigenvalue weighted by Crippen LogP contribution is -2.40. The van der Waals surface area contributed by atoms with Crippen LogP contribution in [0.2, 0.25) is 0 Å². The van der Waals surface area contributed by atoms with E-state index in [1.165, 1.54) is 19.4 Å². The molecule has 0 unspecified atom stereocenters. The fraction of sp³-hybridized carbons (Fsp3) is 0.429. The van der Waals surface area contributed by atoms with Crippen LogP contribution in [-0.2, 0) is 20.7 Å². The van der Waals surface area contributed by atoms with Gasteiger partial charge in [0.05, 0.1) is 6.04 Å². The van der Waals surface area contributed by atoms with Gasteiger partial charge in [-0.05, 0) is 24.0 Å². The maximum Gasteiger partial charge on any atom is 0.302 e. The Morgan fingerprint density at radius 2 is 2.00 bits per heavy atom. The maximum atomic E-state index is 11.3. The van der Waals surface area contributed by atoms with Gasteiger partial charge in [0, 0.05) is 13.8 Å². The Hall–Kier alpha value is -1.84. The molecule has 1 N–H and O–H groups in total. The molecule has 1 amide bonds. The van der Waals surface area contributed by atoms with Crippen molar-refractivity contribution in [1.82, 2.24) is 5.32 Å². The van der Waals surface area contributed by atoms with E-state index in [0.29, 0.717) is 0 Å². The molecule has 0 spiro atoms. The molecule has 0 bridgehead atoms. The van der Waals surface area contributed by atoms with Gasteiger partial charge in [-0.2, -0.15) is 0 Å². The van der Waals surface area contributed by atoms with E-state index in [2.05, 4.69) is 5.32 Å². The summed E-state index contributed by atoms with van der Waals surface area (Å²) in [5.74, 6) is -0.427. The number of aryl methyl sites for hydroxylation is 1. The number of nitrogens with one attached hydrogen (secondary N) is 1. The summed E-state index contributed by atoms with van der Waals surface area (Å²) < 4.78 is 5.31. The van der Waals surface area contributed by atoms with Gasteiger partial charge in [0.15, 0.2) is 0 Å². The number of fused-ring (bicyclic) bond motifs is 1. The fourth-order valence-electron chi connectivity index (χ4n) is 2.46. The van der Waals surface area contributed by atoms with E-state index in [-0.39, 0.29) is 24.0 Å². The first-order valence-corrected chi connectivity index (χ1v) is 6.10. The Morgan fingerprint density at radius 1 is 1.28 bits per heavy atom. The first kappa shape index (κ1) is 12.6. The first-order valence-electron chi connectivity index (χ1n) is 6.10. The van der Waals surface area contributed by atoms with Gasteiger partial charge in [-0.1, -0.05) is 24.3 Å². The normalized spacial score (nSPS) is 21.9. The zero-order chi connectivity index (χ0) is 13.1. The highest BCUT2D eigenvalue weighted by Crippen LogP contribution is 2.31. The average molecular weight is 247 g/mol. The highest BCUT2D eigenvalue weighted by Gasteiger charge is 2.32. The minimum atomic E-state index is -0.310. The van der Waals surface area contributed by atoms with Gasteiger partial charge in [0.25, 0.3) is 0 Å². The zero-order valence-electron chi connectivity index (χ0n) is 10.6. The zero-order valence-corrected chi connectivity index (χ0v) is 10.6. The molecule has 0 saturated heterocycles. The van der Waals surface area contributed by atoms with Crippen molar-refractivity contribution in [1.29, 1.82) is 0 Å². The molecule has 96 valence electrons. The van der Waals surface area contributed by atoms with Crippen molar-refractivity contribution in [2.45, 2.75) is 38.8 Å². The summed E-state index contributed by atoms with van der Waals surface area (Å²) >= 11 is 0. The Kier molecular flexibility index (Phi) is 3.65. The monoisotopic (exact) mass is 247 g/mol. The van der Waals surface area contributed by atoms with Gasteiger partial charge >= 0.3 is 5.97 Å². The number of ether oxygens (including phenoxy) is 1. The second-order valence-corrected chi connectivity index (χ2v) is 4.56. The number of benzene rings is 1. The molecule has 1 aliphatic rings. The van der Waals surface area contributed by atoms with Crippen LogP contribution in [0.15, 0.2) is 24.3 Å². The number of hydrogen-bond donors (Lipinski definition) is 1. The third-order valence-electron chi connectivity index (χ3n) is 3.14. The molecule has 4 nitrogen and oxygen atoms in total. The third kappa shape index (κ3) is 2.70. The van der Waals surface area contributed by atoms with E-state index < -0.39 is 0 Å². The molecule has 1 aromatic rings. The van der Waals surface area contributed by atoms with Crippen LogP contribution < -0.4 is 5.32 Å². The topological polar surface area (TPSA) is 55.4 Å². The first-order chi connectivity index (χ1) is 8.58. The van der Waals surface area contributed by atoms with Crippen LogP contribution >= 0.6 is 0 Å². The SMILES string of the molecule is CC(=O)N[C@@H]1c2ccccc2CC[C@H]1OC(C)=O. The number of amides is 1. The molecule has 2 atom stereocenters. The molecule has 0 fully saturated rings. The third-order valence-corrected chi connectivity index (χ3v) is 3.14. The molecule has 2 rings (SSSR count). The highest BCUT2D eigenvalue weighted by atomic mass is 16.5. The van der Waals surface area contributed by atoms with Crippen molar-refractivity contribution in [2.24, 2.45) is 0 Å². The van der Waals surface area contributed by atoms with E-state index in [1.54, 1.807) is 0 Å². The van der Waals surface area contributed by atoms with Gasteiger partial charge in [-0.3, -0.25) is 9.59 Å². The van der Waals surface area contributed by atoms with Crippen molar-refractivity contribution in [3.05, 3.63) is 35.4 Å². The summed E-state index contributed by atoms with van der Waals surface area (Å²) in [5.41, 5.74) is 2.25. The maximum absolute atomic E-state index is 11.3. The molecular formula is C14H17NO3. The summed E-state index contributed by atoms with van der Waals surface area (Å²) in [6.07, 6.45) is 1.33. The molecule has 0 aromatic heterocycles. The quantitative estimate of drug-likeness (QED) is 0.810. The van der Waals surface area contributed by atoms with Crippen LogP contribution in [0.5, 0.6) is 0 Å². The van der Waals surface area contributed by atoms with Crippen molar-refractivity contribution < 1.29 is 14.3 Å². The van der Waals surface area contributed by atoms with Crippen LogP contribution in [-0.4, -0.2) is 18.0 Å². The van der Waals surface area contributed by atoms with E-state index >= 15 is 0 Å². The van der Waals surface area contributed by atoms with E-state index in [1.807, 2.05) is 24.3 Å². The second kappa shape index (κ2) is 5.21. The minimum absolute atomic E-state index is 0.117. The lowest BCUT2D eigenvalue weighted by atomic mass is 9.85. The molecule has 1 aliphatic carbocycles. The molecule has 1 aromatic carbocycles. The van der Waals surface area contributed by atoms with E-state index in [0.717, 1.165) is 18.4 Å². The van der Waals surface area contributed by atoms with Gasteiger partial charge < -0.3 is 10.1 Å².